The van der Waals surface area contributed by atoms with E-state index in [1.54, 1.807) is 13.2 Å². The van der Waals surface area contributed by atoms with Crippen molar-refractivity contribution in [3.8, 4) is 5.75 Å². The second-order valence-corrected chi connectivity index (χ2v) is 5.02. The first kappa shape index (κ1) is 13.6. The van der Waals surface area contributed by atoms with Crippen LogP contribution in [0.15, 0.2) is 18.2 Å². The Kier molecular flexibility index (Phi) is 4.24. The lowest BCUT2D eigenvalue weighted by molar-refractivity contribution is -0.384. The van der Waals surface area contributed by atoms with Crippen molar-refractivity contribution in [3.05, 3.63) is 28.3 Å². The van der Waals surface area contributed by atoms with Crippen LogP contribution in [0.3, 0.4) is 0 Å². The molecule has 0 bridgehead atoms. The summed E-state index contributed by atoms with van der Waals surface area (Å²) in [5.41, 5.74) is 0.998. The summed E-state index contributed by atoms with van der Waals surface area (Å²) in [6.45, 7) is 0. The van der Waals surface area contributed by atoms with Crippen LogP contribution in [0.2, 0.25) is 0 Å². The van der Waals surface area contributed by atoms with Gasteiger partial charge in [-0.25, -0.2) is 0 Å². The predicted molar refractivity (Wildman–Crippen MR) is 74.9 cm³/mol. The number of hydrogen-bond acceptors (Lipinski definition) is 4. The largest absolute Gasteiger partial charge is 0.494 e. The Morgan fingerprint density at radius 3 is 2.58 bits per heavy atom. The molecule has 0 atom stereocenters. The summed E-state index contributed by atoms with van der Waals surface area (Å²) in [5.74, 6) is 0.572. The number of benzene rings is 1. The molecule has 5 nitrogen and oxygen atoms in total. The van der Waals surface area contributed by atoms with E-state index in [0.717, 1.165) is 5.69 Å². The number of hydrogen-bond donors (Lipinski definition) is 0. The molecule has 1 fully saturated rings. The molecule has 19 heavy (non-hydrogen) atoms. The van der Waals surface area contributed by atoms with Crippen molar-refractivity contribution >= 4 is 11.4 Å². The molecule has 1 aliphatic rings. The molecule has 1 aromatic carbocycles. The van der Waals surface area contributed by atoms with Crippen LogP contribution in [-0.4, -0.2) is 25.1 Å². The van der Waals surface area contributed by atoms with E-state index in [1.165, 1.54) is 44.2 Å². The number of ether oxygens (including phenoxy) is 1. The van der Waals surface area contributed by atoms with Crippen LogP contribution in [0.25, 0.3) is 0 Å². The first-order chi connectivity index (χ1) is 9.13. The van der Waals surface area contributed by atoms with Gasteiger partial charge in [0.25, 0.3) is 5.69 Å². The highest BCUT2D eigenvalue weighted by Gasteiger charge is 2.22. The average molecular weight is 264 g/mol. The normalized spacial score (nSPS) is 16.1. The summed E-state index contributed by atoms with van der Waals surface area (Å²) in [6.07, 6.45) is 6.17. The standard InChI is InChI=1S/C14H20N2O3/c1-15(11-6-4-3-5-7-11)13-9-8-12(16(17)18)10-14(13)19-2/h8-11H,3-7H2,1-2H3. The lowest BCUT2D eigenvalue weighted by Gasteiger charge is -2.33. The van der Waals surface area contributed by atoms with Crippen molar-refractivity contribution < 1.29 is 9.66 Å². The molecule has 1 aliphatic carbocycles. The van der Waals surface area contributed by atoms with Gasteiger partial charge in [-0.15, -0.1) is 0 Å². The smallest absolute Gasteiger partial charge is 0.273 e. The van der Waals surface area contributed by atoms with Gasteiger partial charge in [0, 0.05) is 19.2 Å². The predicted octanol–water partition coefficient (Wildman–Crippen LogP) is 3.37. The van der Waals surface area contributed by atoms with Gasteiger partial charge in [-0.05, 0) is 18.9 Å². The Bertz CT molecular complexity index is 456. The molecule has 0 amide bonds. The average Bonchev–Trinajstić information content (AvgIpc) is 2.46. The summed E-state index contributed by atoms with van der Waals surface area (Å²) in [6, 6.07) is 5.32. The Labute approximate surface area is 113 Å². The summed E-state index contributed by atoms with van der Waals surface area (Å²) >= 11 is 0. The first-order valence-corrected chi connectivity index (χ1v) is 6.68. The van der Waals surface area contributed by atoms with Crippen molar-refractivity contribution in [2.24, 2.45) is 0 Å². The molecule has 0 N–H and O–H groups in total. The van der Waals surface area contributed by atoms with E-state index in [-0.39, 0.29) is 5.69 Å². The molecular formula is C14H20N2O3. The van der Waals surface area contributed by atoms with E-state index >= 15 is 0 Å². The molecule has 0 heterocycles. The molecule has 0 aliphatic heterocycles. The lowest BCUT2D eigenvalue weighted by atomic mass is 9.94. The molecule has 2 rings (SSSR count). The zero-order valence-corrected chi connectivity index (χ0v) is 11.5. The third-order valence-electron chi connectivity index (χ3n) is 3.88. The maximum atomic E-state index is 10.8. The SMILES string of the molecule is COc1cc([N+](=O)[O-])ccc1N(C)C1CCCCC1. The molecule has 1 saturated carbocycles. The van der Waals surface area contributed by atoms with Crippen molar-refractivity contribution in [3.63, 3.8) is 0 Å². The first-order valence-electron chi connectivity index (χ1n) is 6.68. The number of nitrogens with zero attached hydrogens (tertiary/aromatic N) is 2. The number of rotatable bonds is 4. The molecule has 0 spiro atoms. The second kappa shape index (κ2) is 5.91. The Morgan fingerprint density at radius 1 is 1.32 bits per heavy atom. The lowest BCUT2D eigenvalue weighted by Crippen LogP contribution is -2.33. The number of nitro groups is 1. The highest BCUT2D eigenvalue weighted by molar-refractivity contribution is 5.62. The van der Waals surface area contributed by atoms with Gasteiger partial charge in [-0.1, -0.05) is 19.3 Å². The summed E-state index contributed by atoms with van der Waals surface area (Å²) < 4.78 is 5.30. The molecular weight excluding hydrogens is 244 g/mol. The van der Waals surface area contributed by atoms with Gasteiger partial charge >= 0.3 is 0 Å². The minimum atomic E-state index is -0.396. The fourth-order valence-corrected chi connectivity index (χ4v) is 2.74. The highest BCUT2D eigenvalue weighted by atomic mass is 16.6. The summed E-state index contributed by atoms with van der Waals surface area (Å²) in [7, 11) is 3.59. The maximum Gasteiger partial charge on any atom is 0.273 e. The Hall–Kier alpha value is -1.78. The van der Waals surface area contributed by atoms with Gasteiger partial charge in [-0.3, -0.25) is 10.1 Å². The molecule has 1 aromatic rings. The van der Waals surface area contributed by atoms with Crippen LogP contribution >= 0.6 is 0 Å². The van der Waals surface area contributed by atoms with Gasteiger partial charge in [0.05, 0.1) is 23.8 Å². The van der Waals surface area contributed by atoms with E-state index in [2.05, 4.69) is 4.90 Å². The monoisotopic (exact) mass is 264 g/mol. The number of non-ortho nitro benzene ring substituents is 1. The minimum absolute atomic E-state index is 0.0673. The van der Waals surface area contributed by atoms with Gasteiger partial charge in [0.15, 0.2) is 0 Å². The van der Waals surface area contributed by atoms with E-state index in [4.69, 9.17) is 4.74 Å². The number of methoxy groups -OCH3 is 1. The maximum absolute atomic E-state index is 10.8. The topological polar surface area (TPSA) is 55.6 Å². The Morgan fingerprint density at radius 2 is 2.00 bits per heavy atom. The van der Waals surface area contributed by atoms with E-state index in [9.17, 15) is 10.1 Å². The molecule has 104 valence electrons. The highest BCUT2D eigenvalue weighted by Crippen LogP contribution is 2.35. The van der Waals surface area contributed by atoms with Gasteiger partial charge in [0.2, 0.25) is 0 Å². The van der Waals surface area contributed by atoms with E-state index in [0.29, 0.717) is 11.8 Å². The van der Waals surface area contributed by atoms with Crippen LogP contribution < -0.4 is 9.64 Å². The fraction of sp³-hybridized carbons (Fsp3) is 0.571. The van der Waals surface area contributed by atoms with E-state index in [1.807, 2.05) is 7.05 Å². The molecule has 5 heteroatoms. The van der Waals surface area contributed by atoms with Gasteiger partial charge in [-0.2, -0.15) is 0 Å². The minimum Gasteiger partial charge on any atom is -0.494 e. The van der Waals surface area contributed by atoms with Crippen LogP contribution in [0, 0.1) is 10.1 Å². The Balaban J connectivity index is 2.25. The quantitative estimate of drug-likeness (QED) is 0.618. The van der Waals surface area contributed by atoms with Crippen molar-refractivity contribution in [1.29, 1.82) is 0 Å². The fourth-order valence-electron chi connectivity index (χ4n) is 2.74. The van der Waals surface area contributed by atoms with Crippen LogP contribution in [-0.2, 0) is 0 Å². The molecule has 0 saturated heterocycles. The van der Waals surface area contributed by atoms with Crippen LogP contribution in [0.4, 0.5) is 11.4 Å². The van der Waals surface area contributed by atoms with Crippen molar-refractivity contribution in [2.45, 2.75) is 38.1 Å². The number of nitro benzene ring substituents is 1. The van der Waals surface area contributed by atoms with Crippen LogP contribution in [0.1, 0.15) is 32.1 Å². The van der Waals surface area contributed by atoms with Crippen LogP contribution in [0.5, 0.6) is 5.75 Å². The number of anilines is 1. The zero-order chi connectivity index (χ0) is 13.8. The molecule has 0 unspecified atom stereocenters. The third-order valence-corrected chi connectivity index (χ3v) is 3.88. The molecule has 0 radical (unpaired) electrons. The van der Waals surface area contributed by atoms with Gasteiger partial charge < -0.3 is 9.64 Å². The second-order valence-electron chi connectivity index (χ2n) is 5.02. The van der Waals surface area contributed by atoms with Gasteiger partial charge in [0.1, 0.15) is 5.75 Å². The zero-order valence-electron chi connectivity index (χ0n) is 11.5. The van der Waals surface area contributed by atoms with E-state index < -0.39 is 4.92 Å². The summed E-state index contributed by atoms with van der Waals surface area (Å²) in [5, 5.41) is 10.8. The van der Waals surface area contributed by atoms with Crippen molar-refractivity contribution in [1.82, 2.24) is 0 Å². The third kappa shape index (κ3) is 2.97. The van der Waals surface area contributed by atoms with Crippen molar-refractivity contribution in [2.75, 3.05) is 19.1 Å². The molecule has 0 aromatic heterocycles. The summed E-state index contributed by atoms with van der Waals surface area (Å²) in [4.78, 5) is 12.6.